The molecule has 0 saturated heterocycles. The Labute approximate surface area is 446 Å². The first-order chi connectivity index (χ1) is 37.4. The quantitative estimate of drug-likeness (QED) is 0.147. The van der Waals surface area contributed by atoms with Gasteiger partial charge in [0.05, 0.1) is 5.54 Å². The maximum Gasteiger partial charge on any atom is 0.252 e. The summed E-state index contributed by atoms with van der Waals surface area (Å²) in [5.74, 6) is 0. The van der Waals surface area contributed by atoms with E-state index >= 15 is 0 Å². The summed E-state index contributed by atoms with van der Waals surface area (Å²) in [5.41, 5.74) is 26.4. The summed E-state index contributed by atoms with van der Waals surface area (Å²) in [4.78, 5) is 7.95. The maximum atomic E-state index is 2.75. The zero-order valence-corrected chi connectivity index (χ0v) is 42.7. The standard InChI is InChI=1S/C72H54BN3/c1-71-42-41-53-29-15-16-34-61(53)72(71,2)76(65-36-18-17-35-62(65)71)60-47-68-70-69(48-60)75(59-33-20-31-55(44-59)50-23-9-4-10-24-50)67-46-57(52-27-13-6-14-28-52)38-40-64(67)73(70)63-39-37-56(51-25-11-5-12-26-51)45-66(63)74(68)58-32-19-30-54(43-58)49-21-7-3-8-22-49/h3-40,43-48H,41-42H2,1-2H3. The Bertz CT molecular complexity index is 3860. The Morgan fingerprint density at radius 2 is 0.750 bits per heavy atom. The fourth-order valence-electron chi connectivity index (χ4n) is 13.9. The van der Waals surface area contributed by atoms with Gasteiger partial charge in [-0.15, -0.1) is 0 Å². The van der Waals surface area contributed by atoms with Crippen LogP contribution in [0.25, 0.3) is 44.5 Å². The van der Waals surface area contributed by atoms with Crippen molar-refractivity contribution in [2.75, 3.05) is 14.7 Å². The molecule has 0 aromatic heterocycles. The Kier molecular flexibility index (Phi) is 10.1. The highest BCUT2D eigenvalue weighted by Crippen LogP contribution is 2.64. The van der Waals surface area contributed by atoms with E-state index in [0.29, 0.717) is 0 Å². The SMILES string of the molecule is CC12CCc3ccccc3C1(C)N(c1cc3c4c(c1)N(c1cccc(-c5ccccc5)c1)c1cc(-c5ccccc5)ccc1B4c1ccc(-c4ccccc4)cc1N3c1cccc(-c3ccccc3)c1)c1ccccc12. The molecule has 2 unspecified atom stereocenters. The number of benzene rings is 11. The lowest BCUT2D eigenvalue weighted by atomic mass is 9.33. The Morgan fingerprint density at radius 3 is 1.25 bits per heavy atom. The smallest absolute Gasteiger partial charge is 0.252 e. The zero-order chi connectivity index (χ0) is 50.5. The third-order valence-corrected chi connectivity index (χ3v) is 17.6. The van der Waals surface area contributed by atoms with Gasteiger partial charge >= 0.3 is 0 Å². The molecule has 0 bridgehead atoms. The molecule has 0 radical (unpaired) electrons. The van der Waals surface area contributed by atoms with Crippen molar-refractivity contribution in [1.82, 2.24) is 0 Å². The highest BCUT2D eigenvalue weighted by Gasteiger charge is 2.60. The second-order valence-electron chi connectivity index (χ2n) is 21.5. The first-order valence-electron chi connectivity index (χ1n) is 26.9. The minimum Gasteiger partial charge on any atom is -0.330 e. The van der Waals surface area contributed by atoms with Crippen molar-refractivity contribution in [3.8, 4) is 44.5 Å². The summed E-state index contributed by atoms with van der Waals surface area (Å²) in [5, 5.41) is 0. The van der Waals surface area contributed by atoms with Crippen LogP contribution in [-0.2, 0) is 17.4 Å². The van der Waals surface area contributed by atoms with Crippen LogP contribution in [0.5, 0.6) is 0 Å². The number of hydrogen-bond donors (Lipinski definition) is 0. The van der Waals surface area contributed by atoms with E-state index in [1.807, 2.05) is 0 Å². The van der Waals surface area contributed by atoms with Crippen molar-refractivity contribution < 1.29 is 0 Å². The molecule has 360 valence electrons. The fourth-order valence-corrected chi connectivity index (χ4v) is 13.9. The van der Waals surface area contributed by atoms with Crippen LogP contribution in [0.2, 0.25) is 0 Å². The molecule has 3 aliphatic heterocycles. The predicted molar refractivity (Wildman–Crippen MR) is 320 cm³/mol. The van der Waals surface area contributed by atoms with Gasteiger partial charge in [0.2, 0.25) is 0 Å². The van der Waals surface area contributed by atoms with Crippen molar-refractivity contribution in [3.05, 3.63) is 284 Å². The number of rotatable bonds is 7. The van der Waals surface area contributed by atoms with E-state index in [1.54, 1.807) is 0 Å². The highest BCUT2D eigenvalue weighted by molar-refractivity contribution is 7.00. The van der Waals surface area contributed by atoms with Crippen molar-refractivity contribution in [1.29, 1.82) is 0 Å². The Hall–Kier alpha value is -9.12. The molecule has 4 aliphatic rings. The Morgan fingerprint density at radius 1 is 0.329 bits per heavy atom. The average molecular weight is 972 g/mol. The lowest BCUT2D eigenvalue weighted by Crippen LogP contribution is -2.61. The van der Waals surface area contributed by atoms with Crippen LogP contribution in [0.3, 0.4) is 0 Å². The van der Waals surface area contributed by atoms with E-state index < -0.39 is 5.54 Å². The molecule has 0 fully saturated rings. The number of hydrogen-bond acceptors (Lipinski definition) is 3. The minimum absolute atomic E-state index is 0.0806. The molecule has 0 N–H and O–H groups in total. The number of aryl methyl sites for hydroxylation is 1. The molecule has 3 nitrogen and oxygen atoms in total. The van der Waals surface area contributed by atoms with E-state index in [2.05, 4.69) is 295 Å². The molecule has 2 atom stereocenters. The van der Waals surface area contributed by atoms with Crippen LogP contribution in [0.1, 0.15) is 37.0 Å². The van der Waals surface area contributed by atoms with Crippen LogP contribution >= 0.6 is 0 Å². The Balaban J connectivity index is 1.08. The van der Waals surface area contributed by atoms with Gasteiger partial charge < -0.3 is 14.7 Å². The van der Waals surface area contributed by atoms with Gasteiger partial charge in [0.1, 0.15) is 0 Å². The molecule has 11 aromatic carbocycles. The monoisotopic (exact) mass is 971 g/mol. The number of nitrogens with zero attached hydrogens (tertiary/aromatic N) is 3. The van der Waals surface area contributed by atoms with Gasteiger partial charge in [0.15, 0.2) is 0 Å². The topological polar surface area (TPSA) is 9.72 Å². The summed E-state index contributed by atoms with van der Waals surface area (Å²) in [6.45, 7) is 4.98. The van der Waals surface area contributed by atoms with Gasteiger partial charge in [-0.2, -0.15) is 0 Å². The van der Waals surface area contributed by atoms with Crippen LogP contribution in [0.4, 0.5) is 45.5 Å². The molecule has 0 amide bonds. The molecule has 4 heteroatoms. The first kappa shape index (κ1) is 44.4. The second-order valence-corrected chi connectivity index (χ2v) is 21.5. The molecule has 11 aromatic rings. The van der Waals surface area contributed by atoms with Crippen molar-refractivity contribution in [2.45, 2.75) is 37.6 Å². The third-order valence-electron chi connectivity index (χ3n) is 17.6. The highest BCUT2D eigenvalue weighted by atomic mass is 15.3. The van der Waals surface area contributed by atoms with E-state index in [9.17, 15) is 0 Å². The fraction of sp³-hybridized carbons (Fsp3) is 0.0833. The van der Waals surface area contributed by atoms with Crippen LogP contribution in [-0.4, -0.2) is 6.71 Å². The van der Waals surface area contributed by atoms with Gasteiger partial charge in [-0.25, -0.2) is 0 Å². The summed E-state index contributed by atoms with van der Waals surface area (Å²) >= 11 is 0. The maximum absolute atomic E-state index is 2.75. The van der Waals surface area contributed by atoms with Crippen molar-refractivity contribution in [2.24, 2.45) is 0 Å². The van der Waals surface area contributed by atoms with E-state index in [-0.39, 0.29) is 12.1 Å². The molecule has 76 heavy (non-hydrogen) atoms. The summed E-state index contributed by atoms with van der Waals surface area (Å²) in [6.07, 6.45) is 2.09. The van der Waals surface area contributed by atoms with Crippen molar-refractivity contribution in [3.63, 3.8) is 0 Å². The average Bonchev–Trinajstić information content (AvgIpc) is 3.78. The van der Waals surface area contributed by atoms with Crippen LogP contribution in [0, 0.1) is 0 Å². The first-order valence-corrected chi connectivity index (χ1v) is 26.9. The number of anilines is 8. The molecular formula is C72H54BN3. The second kappa shape index (κ2) is 17.2. The van der Waals surface area contributed by atoms with E-state index in [1.165, 1.54) is 112 Å². The summed E-state index contributed by atoms with van der Waals surface area (Å²) < 4.78 is 0. The summed E-state index contributed by atoms with van der Waals surface area (Å²) in [7, 11) is 0. The zero-order valence-electron chi connectivity index (χ0n) is 42.7. The van der Waals surface area contributed by atoms with Gasteiger partial charge in [0.25, 0.3) is 6.71 Å². The van der Waals surface area contributed by atoms with E-state index in [4.69, 9.17) is 0 Å². The van der Waals surface area contributed by atoms with Gasteiger partial charge in [0, 0.05) is 50.9 Å². The summed E-state index contributed by atoms with van der Waals surface area (Å²) in [6, 6.07) is 100. The molecular weight excluding hydrogens is 918 g/mol. The van der Waals surface area contributed by atoms with Crippen LogP contribution in [0.15, 0.2) is 267 Å². The molecule has 0 spiro atoms. The number of para-hydroxylation sites is 1. The molecule has 3 heterocycles. The van der Waals surface area contributed by atoms with Gasteiger partial charge in [-0.3, -0.25) is 0 Å². The molecule has 1 aliphatic carbocycles. The molecule has 0 saturated carbocycles. The van der Waals surface area contributed by atoms with Gasteiger partial charge in [-0.05, 0) is 152 Å². The lowest BCUT2D eigenvalue weighted by Gasteiger charge is -2.52. The normalized spacial score (nSPS) is 17.5. The third kappa shape index (κ3) is 6.63. The predicted octanol–water partition coefficient (Wildman–Crippen LogP) is 16.7. The number of fused-ring (bicyclic) bond motifs is 9. The van der Waals surface area contributed by atoms with Crippen LogP contribution < -0.4 is 31.1 Å². The van der Waals surface area contributed by atoms with Gasteiger partial charge in [-0.1, -0.05) is 219 Å². The lowest BCUT2D eigenvalue weighted by molar-refractivity contribution is 0.245. The van der Waals surface area contributed by atoms with E-state index in [0.717, 1.165) is 24.2 Å². The van der Waals surface area contributed by atoms with Crippen molar-refractivity contribution >= 4 is 68.6 Å². The molecule has 15 rings (SSSR count). The largest absolute Gasteiger partial charge is 0.330 e. The minimum atomic E-state index is -0.415.